The highest BCUT2D eigenvalue weighted by atomic mass is 16.5. The zero-order valence-corrected chi connectivity index (χ0v) is 10.2. The number of carbonyl (C=O) groups excluding carboxylic acids is 1. The van der Waals surface area contributed by atoms with Crippen LogP contribution < -0.4 is 0 Å². The van der Waals surface area contributed by atoms with Crippen molar-refractivity contribution in [2.45, 2.75) is 51.7 Å². The van der Waals surface area contributed by atoms with Crippen molar-refractivity contribution in [2.24, 2.45) is 0 Å². The van der Waals surface area contributed by atoms with Gasteiger partial charge in [0.15, 0.2) is 0 Å². The summed E-state index contributed by atoms with van der Waals surface area (Å²) >= 11 is 0. The van der Waals surface area contributed by atoms with E-state index in [4.69, 9.17) is 4.74 Å². The Bertz CT molecular complexity index is 206. The third kappa shape index (κ3) is 4.31. The van der Waals surface area contributed by atoms with Gasteiger partial charge in [0.05, 0.1) is 6.10 Å². The molecule has 88 valence electrons. The molecule has 0 bridgehead atoms. The number of hydrogen-bond donors (Lipinski definition) is 0. The van der Waals surface area contributed by atoms with E-state index in [9.17, 15) is 4.79 Å². The third-order valence-electron chi connectivity index (χ3n) is 3.19. The lowest BCUT2D eigenvalue weighted by Gasteiger charge is -2.26. The van der Waals surface area contributed by atoms with Crippen molar-refractivity contribution in [2.75, 3.05) is 20.2 Å². The second kappa shape index (κ2) is 6.23. The van der Waals surface area contributed by atoms with Gasteiger partial charge in [0.2, 0.25) is 0 Å². The fourth-order valence-corrected chi connectivity index (χ4v) is 2.20. The maximum atomic E-state index is 10.8. The van der Waals surface area contributed by atoms with E-state index in [0.717, 1.165) is 38.8 Å². The normalized spacial score (nSPS) is 26.1. The standard InChI is InChI=1S/C12H23NO2/c1-10(14)6-4-5-8-13(3)12-7-9-15-11(12)2/h11-12H,4-9H2,1-3H3. The van der Waals surface area contributed by atoms with Crippen molar-refractivity contribution in [3.8, 4) is 0 Å². The first-order valence-corrected chi connectivity index (χ1v) is 5.92. The van der Waals surface area contributed by atoms with E-state index in [1.807, 2.05) is 0 Å². The van der Waals surface area contributed by atoms with Gasteiger partial charge in [0, 0.05) is 19.1 Å². The molecule has 0 radical (unpaired) electrons. The summed E-state index contributed by atoms with van der Waals surface area (Å²) in [6.07, 6.45) is 4.36. The third-order valence-corrected chi connectivity index (χ3v) is 3.19. The largest absolute Gasteiger partial charge is 0.377 e. The van der Waals surface area contributed by atoms with Crippen molar-refractivity contribution in [3.05, 3.63) is 0 Å². The summed E-state index contributed by atoms with van der Waals surface area (Å²) in [7, 11) is 2.16. The first kappa shape index (κ1) is 12.7. The van der Waals surface area contributed by atoms with Crippen LogP contribution >= 0.6 is 0 Å². The molecule has 0 aromatic rings. The Morgan fingerprint density at radius 3 is 2.73 bits per heavy atom. The van der Waals surface area contributed by atoms with E-state index in [-0.39, 0.29) is 0 Å². The number of unbranched alkanes of at least 4 members (excludes halogenated alkanes) is 1. The summed E-state index contributed by atoms with van der Waals surface area (Å²) in [4.78, 5) is 13.1. The highest BCUT2D eigenvalue weighted by Gasteiger charge is 2.27. The molecule has 0 saturated carbocycles. The second-order valence-corrected chi connectivity index (χ2v) is 4.57. The monoisotopic (exact) mass is 213 g/mol. The smallest absolute Gasteiger partial charge is 0.129 e. The van der Waals surface area contributed by atoms with Crippen LogP contribution in [-0.4, -0.2) is 43.0 Å². The van der Waals surface area contributed by atoms with Gasteiger partial charge in [-0.2, -0.15) is 0 Å². The van der Waals surface area contributed by atoms with Crippen molar-refractivity contribution < 1.29 is 9.53 Å². The SMILES string of the molecule is CC(=O)CCCCN(C)C1CCOC1C. The first-order chi connectivity index (χ1) is 7.11. The van der Waals surface area contributed by atoms with E-state index in [1.165, 1.54) is 0 Å². The molecule has 15 heavy (non-hydrogen) atoms. The molecule has 0 amide bonds. The average Bonchev–Trinajstić information content (AvgIpc) is 2.58. The van der Waals surface area contributed by atoms with E-state index in [1.54, 1.807) is 6.92 Å². The number of likely N-dealkylation sites (N-methyl/N-ethyl adjacent to an activating group) is 1. The average molecular weight is 213 g/mol. The summed E-state index contributed by atoms with van der Waals surface area (Å²) in [6.45, 7) is 5.77. The molecule has 3 nitrogen and oxygen atoms in total. The van der Waals surface area contributed by atoms with Crippen LogP contribution in [0.4, 0.5) is 0 Å². The van der Waals surface area contributed by atoms with E-state index >= 15 is 0 Å². The number of ketones is 1. The van der Waals surface area contributed by atoms with Gasteiger partial charge in [0.25, 0.3) is 0 Å². The molecule has 3 heteroatoms. The highest BCUT2D eigenvalue weighted by molar-refractivity contribution is 5.75. The van der Waals surface area contributed by atoms with Crippen LogP contribution in [0.15, 0.2) is 0 Å². The van der Waals surface area contributed by atoms with Gasteiger partial charge in [-0.1, -0.05) is 0 Å². The summed E-state index contributed by atoms with van der Waals surface area (Å²) < 4.78 is 5.54. The first-order valence-electron chi connectivity index (χ1n) is 5.92. The molecular weight excluding hydrogens is 190 g/mol. The van der Waals surface area contributed by atoms with Gasteiger partial charge in [-0.05, 0) is 46.7 Å². The molecule has 1 rings (SSSR count). The zero-order valence-electron chi connectivity index (χ0n) is 10.2. The Morgan fingerprint density at radius 2 is 2.20 bits per heavy atom. The van der Waals surface area contributed by atoms with Gasteiger partial charge < -0.3 is 14.4 Å². The summed E-state index contributed by atoms with van der Waals surface area (Å²) in [5.74, 6) is 0.301. The van der Waals surface area contributed by atoms with Gasteiger partial charge in [-0.15, -0.1) is 0 Å². The number of rotatable bonds is 6. The Balaban J connectivity index is 2.12. The number of ether oxygens (including phenoxy) is 1. The zero-order chi connectivity index (χ0) is 11.3. The Hall–Kier alpha value is -0.410. The summed E-state index contributed by atoms with van der Waals surface area (Å²) in [5.41, 5.74) is 0. The molecule has 1 fully saturated rings. The van der Waals surface area contributed by atoms with Gasteiger partial charge in [-0.3, -0.25) is 0 Å². The molecule has 2 unspecified atom stereocenters. The highest BCUT2D eigenvalue weighted by Crippen LogP contribution is 2.18. The lowest BCUT2D eigenvalue weighted by Crippen LogP contribution is -2.37. The summed E-state index contributed by atoms with van der Waals surface area (Å²) in [6, 6.07) is 0.572. The van der Waals surface area contributed by atoms with Gasteiger partial charge in [0.1, 0.15) is 5.78 Å². The topological polar surface area (TPSA) is 29.5 Å². The summed E-state index contributed by atoms with van der Waals surface area (Å²) in [5, 5.41) is 0. The maximum absolute atomic E-state index is 10.8. The fraction of sp³-hybridized carbons (Fsp3) is 0.917. The predicted octanol–water partition coefficient (Wildman–Crippen LogP) is 1.85. The van der Waals surface area contributed by atoms with Crippen LogP contribution in [0.2, 0.25) is 0 Å². The number of nitrogens with zero attached hydrogens (tertiary/aromatic N) is 1. The lowest BCUT2D eigenvalue weighted by molar-refractivity contribution is -0.117. The minimum atomic E-state index is 0.301. The molecule has 1 aliphatic heterocycles. The molecule has 0 aromatic carbocycles. The van der Waals surface area contributed by atoms with E-state index in [2.05, 4.69) is 18.9 Å². The Kier molecular flexibility index (Phi) is 5.26. The maximum Gasteiger partial charge on any atom is 0.129 e. The van der Waals surface area contributed by atoms with Crippen molar-refractivity contribution in [3.63, 3.8) is 0 Å². The lowest BCUT2D eigenvalue weighted by atomic mass is 10.1. The van der Waals surface area contributed by atoms with Crippen LogP contribution in [0.5, 0.6) is 0 Å². The molecule has 2 atom stereocenters. The number of carbonyl (C=O) groups is 1. The fourth-order valence-electron chi connectivity index (χ4n) is 2.20. The molecule has 0 N–H and O–H groups in total. The Labute approximate surface area is 92.8 Å². The van der Waals surface area contributed by atoms with Crippen LogP contribution in [0.25, 0.3) is 0 Å². The van der Waals surface area contributed by atoms with Gasteiger partial charge >= 0.3 is 0 Å². The second-order valence-electron chi connectivity index (χ2n) is 4.57. The minimum absolute atomic E-state index is 0.301. The molecule has 0 spiro atoms. The number of hydrogen-bond acceptors (Lipinski definition) is 3. The molecule has 1 saturated heterocycles. The number of Topliss-reactive ketones (excluding diaryl/α,β-unsaturated/α-hetero) is 1. The van der Waals surface area contributed by atoms with Crippen LogP contribution in [0.1, 0.15) is 39.5 Å². The molecular formula is C12H23NO2. The molecule has 0 aromatic heterocycles. The van der Waals surface area contributed by atoms with Crippen LogP contribution in [-0.2, 0) is 9.53 Å². The predicted molar refractivity (Wildman–Crippen MR) is 61.0 cm³/mol. The van der Waals surface area contributed by atoms with E-state index < -0.39 is 0 Å². The van der Waals surface area contributed by atoms with Crippen LogP contribution in [0, 0.1) is 0 Å². The molecule has 1 heterocycles. The van der Waals surface area contributed by atoms with Crippen LogP contribution in [0.3, 0.4) is 0 Å². The van der Waals surface area contributed by atoms with Gasteiger partial charge in [-0.25, -0.2) is 0 Å². The van der Waals surface area contributed by atoms with Crippen molar-refractivity contribution in [1.29, 1.82) is 0 Å². The quantitative estimate of drug-likeness (QED) is 0.631. The molecule has 0 aliphatic carbocycles. The minimum Gasteiger partial charge on any atom is -0.377 e. The Morgan fingerprint density at radius 1 is 1.47 bits per heavy atom. The van der Waals surface area contributed by atoms with Crippen molar-refractivity contribution >= 4 is 5.78 Å². The molecule has 1 aliphatic rings. The van der Waals surface area contributed by atoms with E-state index in [0.29, 0.717) is 17.9 Å². The van der Waals surface area contributed by atoms with Crippen molar-refractivity contribution in [1.82, 2.24) is 4.90 Å².